The van der Waals surface area contributed by atoms with Crippen molar-refractivity contribution >= 4 is 0 Å². The summed E-state index contributed by atoms with van der Waals surface area (Å²) < 4.78 is 31.6. The number of rotatable bonds is 8. The predicted molar refractivity (Wildman–Crippen MR) is 65.3 cm³/mol. The quantitative estimate of drug-likeness (QED) is 0.702. The number of aliphatic hydroxyl groups is 1. The molecule has 1 aromatic rings. The molecule has 0 heterocycles. The third-order valence-electron chi connectivity index (χ3n) is 2.62. The third-order valence-corrected chi connectivity index (χ3v) is 2.62. The Balaban J connectivity index is 2.34. The summed E-state index contributed by atoms with van der Waals surface area (Å²) in [6, 6.07) is 3.56. The number of ether oxygens (including phenoxy) is 1. The molecule has 102 valence electrons. The van der Waals surface area contributed by atoms with Gasteiger partial charge in [0, 0.05) is 20.3 Å². The lowest BCUT2D eigenvalue weighted by molar-refractivity contribution is 0.163. The topological polar surface area (TPSA) is 41.5 Å². The van der Waals surface area contributed by atoms with Gasteiger partial charge in [-0.25, -0.2) is 8.78 Å². The molecule has 0 aliphatic carbocycles. The van der Waals surface area contributed by atoms with Gasteiger partial charge in [-0.1, -0.05) is 6.07 Å². The van der Waals surface area contributed by atoms with Gasteiger partial charge < -0.3 is 15.2 Å². The van der Waals surface area contributed by atoms with E-state index in [-0.39, 0.29) is 12.1 Å². The molecule has 0 aliphatic rings. The molecule has 0 bridgehead atoms. The van der Waals surface area contributed by atoms with Gasteiger partial charge in [-0.2, -0.15) is 0 Å². The zero-order chi connectivity index (χ0) is 13.4. The number of hydrogen-bond acceptors (Lipinski definition) is 3. The van der Waals surface area contributed by atoms with E-state index in [4.69, 9.17) is 4.74 Å². The second kappa shape index (κ2) is 8.13. The number of unbranched alkanes of at least 4 members (excludes halogenated alkanes) is 1. The molecule has 0 aliphatic heterocycles. The molecule has 2 N–H and O–H groups in total. The molecule has 5 heteroatoms. The highest BCUT2D eigenvalue weighted by Gasteiger charge is 2.16. The van der Waals surface area contributed by atoms with E-state index in [0.29, 0.717) is 13.2 Å². The Morgan fingerprint density at radius 1 is 1.28 bits per heavy atom. The van der Waals surface area contributed by atoms with Crippen LogP contribution in [-0.4, -0.2) is 31.9 Å². The van der Waals surface area contributed by atoms with Gasteiger partial charge >= 0.3 is 0 Å². The molecule has 0 saturated heterocycles. The molecule has 0 spiro atoms. The van der Waals surface area contributed by atoms with Crippen LogP contribution in [0.3, 0.4) is 0 Å². The van der Waals surface area contributed by atoms with Crippen LogP contribution in [-0.2, 0) is 4.74 Å². The minimum Gasteiger partial charge on any atom is -0.387 e. The van der Waals surface area contributed by atoms with E-state index in [9.17, 15) is 13.9 Å². The van der Waals surface area contributed by atoms with Crippen molar-refractivity contribution in [3.8, 4) is 0 Å². The zero-order valence-corrected chi connectivity index (χ0v) is 10.5. The van der Waals surface area contributed by atoms with Gasteiger partial charge in [-0.05, 0) is 31.5 Å². The fourth-order valence-corrected chi connectivity index (χ4v) is 1.67. The Labute approximate surface area is 106 Å². The maximum absolute atomic E-state index is 13.3. The van der Waals surface area contributed by atoms with Gasteiger partial charge in [0.2, 0.25) is 0 Å². The average molecular weight is 259 g/mol. The Morgan fingerprint density at radius 3 is 2.56 bits per heavy atom. The Morgan fingerprint density at radius 2 is 1.94 bits per heavy atom. The highest BCUT2D eigenvalue weighted by molar-refractivity contribution is 5.22. The SMILES string of the molecule is COCCCCNCC(O)c1c(F)cccc1F. The normalized spacial score (nSPS) is 12.7. The minimum absolute atomic E-state index is 0.130. The van der Waals surface area contributed by atoms with E-state index >= 15 is 0 Å². The number of halogens is 2. The van der Waals surface area contributed by atoms with Crippen molar-refractivity contribution in [2.75, 3.05) is 26.8 Å². The first kappa shape index (κ1) is 15.0. The fraction of sp³-hybridized carbons (Fsp3) is 0.538. The Kier molecular flexibility index (Phi) is 6.78. The van der Waals surface area contributed by atoms with Crippen LogP contribution in [0.5, 0.6) is 0 Å². The molecule has 1 aromatic carbocycles. The van der Waals surface area contributed by atoms with E-state index < -0.39 is 17.7 Å². The Hall–Kier alpha value is -1.04. The molecule has 3 nitrogen and oxygen atoms in total. The standard InChI is InChI=1S/C13H19F2NO2/c1-18-8-3-2-7-16-9-12(17)13-10(14)5-4-6-11(13)15/h4-6,12,16-17H,2-3,7-9H2,1H3. The lowest BCUT2D eigenvalue weighted by Gasteiger charge is -2.13. The summed E-state index contributed by atoms with van der Waals surface area (Å²) >= 11 is 0. The number of methoxy groups -OCH3 is 1. The summed E-state index contributed by atoms with van der Waals surface area (Å²) in [6.45, 7) is 1.49. The van der Waals surface area contributed by atoms with Crippen molar-refractivity contribution in [2.24, 2.45) is 0 Å². The lowest BCUT2D eigenvalue weighted by atomic mass is 10.1. The highest BCUT2D eigenvalue weighted by Crippen LogP contribution is 2.19. The molecular weight excluding hydrogens is 240 g/mol. The third kappa shape index (κ3) is 4.68. The molecular formula is C13H19F2NO2. The number of hydrogen-bond donors (Lipinski definition) is 2. The molecule has 0 fully saturated rings. The molecule has 1 atom stereocenters. The Bertz CT molecular complexity index is 341. The second-order valence-electron chi connectivity index (χ2n) is 4.06. The van der Waals surface area contributed by atoms with Crippen molar-refractivity contribution < 1.29 is 18.6 Å². The van der Waals surface area contributed by atoms with Crippen LogP contribution in [0.25, 0.3) is 0 Å². The smallest absolute Gasteiger partial charge is 0.131 e. The molecule has 0 aromatic heterocycles. The number of aliphatic hydroxyl groups excluding tert-OH is 1. The van der Waals surface area contributed by atoms with E-state index in [0.717, 1.165) is 25.0 Å². The van der Waals surface area contributed by atoms with Gasteiger partial charge in [-0.3, -0.25) is 0 Å². The monoisotopic (exact) mass is 259 g/mol. The first-order chi connectivity index (χ1) is 8.66. The first-order valence-corrected chi connectivity index (χ1v) is 5.98. The van der Waals surface area contributed by atoms with Crippen molar-refractivity contribution in [1.29, 1.82) is 0 Å². The molecule has 0 amide bonds. The summed E-state index contributed by atoms with van der Waals surface area (Å²) in [7, 11) is 1.64. The number of nitrogens with one attached hydrogen (secondary N) is 1. The maximum atomic E-state index is 13.3. The van der Waals surface area contributed by atoms with Crippen LogP contribution >= 0.6 is 0 Å². The van der Waals surface area contributed by atoms with Crippen LogP contribution < -0.4 is 5.32 Å². The van der Waals surface area contributed by atoms with Crippen molar-refractivity contribution in [3.05, 3.63) is 35.4 Å². The molecule has 0 saturated carbocycles. The highest BCUT2D eigenvalue weighted by atomic mass is 19.1. The van der Waals surface area contributed by atoms with E-state index in [1.54, 1.807) is 7.11 Å². The summed E-state index contributed by atoms with van der Waals surface area (Å²) in [4.78, 5) is 0. The molecule has 1 unspecified atom stereocenters. The minimum atomic E-state index is -1.17. The summed E-state index contributed by atoms with van der Waals surface area (Å²) in [5.74, 6) is -1.44. The van der Waals surface area contributed by atoms with Crippen LogP contribution in [0, 0.1) is 11.6 Å². The van der Waals surface area contributed by atoms with Crippen LogP contribution in [0.1, 0.15) is 24.5 Å². The van der Waals surface area contributed by atoms with Crippen LogP contribution in [0.2, 0.25) is 0 Å². The van der Waals surface area contributed by atoms with Gasteiger partial charge in [0.1, 0.15) is 11.6 Å². The lowest BCUT2D eigenvalue weighted by Crippen LogP contribution is -2.24. The largest absolute Gasteiger partial charge is 0.387 e. The fourth-order valence-electron chi connectivity index (χ4n) is 1.67. The van der Waals surface area contributed by atoms with Crippen molar-refractivity contribution in [2.45, 2.75) is 18.9 Å². The number of benzene rings is 1. The molecule has 0 radical (unpaired) electrons. The average Bonchev–Trinajstić information content (AvgIpc) is 2.33. The predicted octanol–water partition coefficient (Wildman–Crippen LogP) is 2.01. The maximum Gasteiger partial charge on any atom is 0.131 e. The van der Waals surface area contributed by atoms with Crippen LogP contribution in [0.4, 0.5) is 8.78 Å². The summed E-state index contributed by atoms with van der Waals surface area (Å²) in [5, 5.41) is 12.7. The van der Waals surface area contributed by atoms with Crippen LogP contribution in [0.15, 0.2) is 18.2 Å². The van der Waals surface area contributed by atoms with E-state index in [2.05, 4.69) is 5.32 Å². The van der Waals surface area contributed by atoms with Gasteiger partial charge in [0.05, 0.1) is 11.7 Å². The summed E-state index contributed by atoms with van der Waals surface area (Å²) in [6.07, 6.45) is 0.627. The van der Waals surface area contributed by atoms with E-state index in [1.165, 1.54) is 6.07 Å². The summed E-state index contributed by atoms with van der Waals surface area (Å²) in [5.41, 5.74) is -0.276. The van der Waals surface area contributed by atoms with Crippen molar-refractivity contribution in [1.82, 2.24) is 5.32 Å². The molecule has 1 rings (SSSR count). The second-order valence-corrected chi connectivity index (χ2v) is 4.06. The van der Waals surface area contributed by atoms with Gasteiger partial charge in [-0.15, -0.1) is 0 Å². The van der Waals surface area contributed by atoms with Gasteiger partial charge in [0.25, 0.3) is 0 Å². The zero-order valence-electron chi connectivity index (χ0n) is 10.5. The molecule has 18 heavy (non-hydrogen) atoms. The van der Waals surface area contributed by atoms with Crippen molar-refractivity contribution in [3.63, 3.8) is 0 Å². The van der Waals surface area contributed by atoms with E-state index in [1.807, 2.05) is 0 Å². The van der Waals surface area contributed by atoms with Gasteiger partial charge in [0.15, 0.2) is 0 Å². The first-order valence-electron chi connectivity index (χ1n) is 5.98.